The number of thiazole rings is 1. The minimum atomic E-state index is -3.47. The number of rotatable bonds is 5. The maximum atomic E-state index is 12.6. The van der Waals surface area contributed by atoms with Crippen LogP contribution in [0.5, 0.6) is 0 Å². The van der Waals surface area contributed by atoms with Gasteiger partial charge in [-0.1, -0.05) is 18.2 Å². The Kier molecular flexibility index (Phi) is 5.27. The molecule has 2 heterocycles. The molecule has 1 aliphatic rings. The van der Waals surface area contributed by atoms with Crippen molar-refractivity contribution < 1.29 is 13.2 Å². The Morgan fingerprint density at radius 1 is 1.25 bits per heavy atom. The molecule has 1 aromatic heterocycles. The molecule has 0 radical (unpaired) electrons. The van der Waals surface area contributed by atoms with Gasteiger partial charge in [0.2, 0.25) is 15.9 Å². The maximum absolute atomic E-state index is 12.6. The lowest BCUT2D eigenvalue weighted by molar-refractivity contribution is -0.126. The molecule has 1 aromatic carbocycles. The molecule has 3 rings (SSSR count). The molecule has 0 bridgehead atoms. The number of nitrogens with zero attached hydrogens (tertiary/aromatic N) is 2. The molecule has 1 saturated heterocycles. The van der Waals surface area contributed by atoms with Crippen molar-refractivity contribution in [2.75, 3.05) is 13.1 Å². The van der Waals surface area contributed by atoms with Gasteiger partial charge in [0.25, 0.3) is 0 Å². The summed E-state index contributed by atoms with van der Waals surface area (Å²) in [5, 5.41) is 5.62. The number of benzene rings is 1. The van der Waals surface area contributed by atoms with Crippen LogP contribution >= 0.6 is 11.3 Å². The number of sulfonamides is 1. The fraction of sp³-hybridized carbons (Fsp3) is 0.375. The summed E-state index contributed by atoms with van der Waals surface area (Å²) in [4.78, 5) is 16.6. The Labute approximate surface area is 145 Å². The van der Waals surface area contributed by atoms with Crippen LogP contribution in [0, 0.1) is 5.92 Å². The highest BCUT2D eigenvalue weighted by Gasteiger charge is 2.31. The third-order valence-electron chi connectivity index (χ3n) is 4.10. The van der Waals surface area contributed by atoms with Crippen LogP contribution in [0.4, 0.5) is 0 Å². The third-order valence-corrected chi connectivity index (χ3v) is 6.80. The minimum absolute atomic E-state index is 0.0260. The fourth-order valence-corrected chi connectivity index (χ4v) is 4.79. The molecule has 1 fully saturated rings. The Bertz CT molecular complexity index is 768. The van der Waals surface area contributed by atoms with Crippen molar-refractivity contribution in [1.82, 2.24) is 14.6 Å². The molecule has 0 aliphatic carbocycles. The maximum Gasteiger partial charge on any atom is 0.243 e. The van der Waals surface area contributed by atoms with E-state index in [4.69, 9.17) is 0 Å². The van der Waals surface area contributed by atoms with E-state index in [9.17, 15) is 13.2 Å². The predicted molar refractivity (Wildman–Crippen MR) is 91.9 cm³/mol. The van der Waals surface area contributed by atoms with Crippen molar-refractivity contribution >= 4 is 27.3 Å². The van der Waals surface area contributed by atoms with Crippen molar-refractivity contribution in [3.05, 3.63) is 46.9 Å². The van der Waals surface area contributed by atoms with Crippen molar-refractivity contribution in [2.45, 2.75) is 24.3 Å². The predicted octanol–water partition coefficient (Wildman–Crippen LogP) is 1.86. The molecule has 1 amide bonds. The van der Waals surface area contributed by atoms with E-state index in [-0.39, 0.29) is 11.8 Å². The van der Waals surface area contributed by atoms with Crippen LogP contribution in [0.2, 0.25) is 0 Å². The SMILES string of the molecule is O=C(NCc1nccs1)C1CCN(S(=O)(=O)c2ccccc2)CC1. The zero-order chi connectivity index (χ0) is 17.0. The fourth-order valence-electron chi connectivity index (χ4n) is 2.75. The van der Waals surface area contributed by atoms with Gasteiger partial charge in [0.15, 0.2) is 0 Å². The second-order valence-electron chi connectivity index (χ2n) is 5.64. The normalized spacial score (nSPS) is 16.8. The summed E-state index contributed by atoms with van der Waals surface area (Å²) in [5.41, 5.74) is 0. The second kappa shape index (κ2) is 7.42. The van der Waals surface area contributed by atoms with E-state index in [1.165, 1.54) is 15.6 Å². The largest absolute Gasteiger partial charge is 0.349 e. The average molecular weight is 365 g/mol. The molecular weight excluding hydrogens is 346 g/mol. The van der Waals surface area contributed by atoms with Gasteiger partial charge in [-0.3, -0.25) is 4.79 Å². The lowest BCUT2D eigenvalue weighted by Crippen LogP contribution is -2.42. The molecular formula is C16H19N3O3S2. The first kappa shape index (κ1) is 17.1. The highest BCUT2D eigenvalue weighted by Crippen LogP contribution is 2.24. The van der Waals surface area contributed by atoms with Crippen LogP contribution in [0.3, 0.4) is 0 Å². The highest BCUT2D eigenvalue weighted by atomic mass is 32.2. The van der Waals surface area contributed by atoms with Crippen molar-refractivity contribution in [2.24, 2.45) is 5.92 Å². The van der Waals surface area contributed by atoms with Gasteiger partial charge in [0.05, 0.1) is 11.4 Å². The van der Waals surface area contributed by atoms with Gasteiger partial charge in [0.1, 0.15) is 5.01 Å². The first-order chi connectivity index (χ1) is 11.6. The van der Waals surface area contributed by atoms with Crippen molar-refractivity contribution in [3.63, 3.8) is 0 Å². The van der Waals surface area contributed by atoms with Crippen LogP contribution in [-0.2, 0) is 21.4 Å². The lowest BCUT2D eigenvalue weighted by Gasteiger charge is -2.30. The highest BCUT2D eigenvalue weighted by molar-refractivity contribution is 7.89. The Hall–Kier alpha value is -1.77. The average Bonchev–Trinajstić information content (AvgIpc) is 3.14. The number of aromatic nitrogens is 1. The molecule has 0 atom stereocenters. The summed E-state index contributed by atoms with van der Waals surface area (Å²) < 4.78 is 26.6. The summed E-state index contributed by atoms with van der Waals surface area (Å²) in [6.45, 7) is 1.16. The Morgan fingerprint density at radius 2 is 1.96 bits per heavy atom. The molecule has 0 saturated carbocycles. The van der Waals surface area contributed by atoms with Gasteiger partial charge in [0, 0.05) is 30.6 Å². The number of hydrogen-bond acceptors (Lipinski definition) is 5. The van der Waals surface area contributed by atoms with E-state index in [0.717, 1.165) is 5.01 Å². The zero-order valence-corrected chi connectivity index (χ0v) is 14.7. The van der Waals surface area contributed by atoms with Crippen LogP contribution in [0.15, 0.2) is 46.8 Å². The molecule has 8 heteroatoms. The summed E-state index contributed by atoms with van der Waals surface area (Å²) in [6, 6.07) is 8.42. The van der Waals surface area contributed by atoms with Crippen molar-refractivity contribution in [1.29, 1.82) is 0 Å². The summed E-state index contributed by atoms with van der Waals surface area (Å²) in [7, 11) is -3.47. The smallest absolute Gasteiger partial charge is 0.243 e. The topological polar surface area (TPSA) is 79.4 Å². The molecule has 1 aliphatic heterocycles. The van der Waals surface area contributed by atoms with Gasteiger partial charge < -0.3 is 5.32 Å². The van der Waals surface area contributed by atoms with Crippen LogP contribution in [0.25, 0.3) is 0 Å². The molecule has 0 unspecified atom stereocenters. The van der Waals surface area contributed by atoms with E-state index in [1.807, 2.05) is 5.38 Å². The van der Waals surface area contributed by atoms with E-state index in [1.54, 1.807) is 36.5 Å². The van der Waals surface area contributed by atoms with E-state index in [2.05, 4.69) is 10.3 Å². The third kappa shape index (κ3) is 3.82. The number of piperidine rings is 1. The van der Waals surface area contributed by atoms with Gasteiger partial charge in [-0.2, -0.15) is 4.31 Å². The van der Waals surface area contributed by atoms with Gasteiger partial charge in [-0.05, 0) is 25.0 Å². The lowest BCUT2D eigenvalue weighted by atomic mass is 9.97. The van der Waals surface area contributed by atoms with E-state index in [0.29, 0.717) is 37.4 Å². The summed E-state index contributed by atoms with van der Waals surface area (Å²) in [6.07, 6.45) is 2.78. The molecule has 2 aromatic rings. The zero-order valence-electron chi connectivity index (χ0n) is 13.1. The molecule has 6 nitrogen and oxygen atoms in total. The molecule has 128 valence electrons. The molecule has 0 spiro atoms. The second-order valence-corrected chi connectivity index (χ2v) is 8.55. The minimum Gasteiger partial charge on any atom is -0.349 e. The first-order valence-electron chi connectivity index (χ1n) is 7.78. The molecule has 24 heavy (non-hydrogen) atoms. The van der Waals surface area contributed by atoms with Crippen LogP contribution in [-0.4, -0.2) is 36.7 Å². The number of amides is 1. The Balaban J connectivity index is 1.54. The number of carbonyl (C=O) groups is 1. The molecule has 1 N–H and O–H groups in total. The number of carbonyl (C=O) groups excluding carboxylic acids is 1. The first-order valence-corrected chi connectivity index (χ1v) is 10.1. The summed E-state index contributed by atoms with van der Waals surface area (Å²) in [5.74, 6) is -0.172. The number of nitrogens with one attached hydrogen (secondary N) is 1. The van der Waals surface area contributed by atoms with Crippen LogP contribution in [0.1, 0.15) is 17.8 Å². The van der Waals surface area contributed by atoms with Crippen molar-refractivity contribution in [3.8, 4) is 0 Å². The van der Waals surface area contributed by atoms with Crippen LogP contribution < -0.4 is 5.32 Å². The van der Waals surface area contributed by atoms with Gasteiger partial charge >= 0.3 is 0 Å². The standard InChI is InChI=1S/C16H19N3O3S2/c20-16(18-12-15-17-8-11-23-15)13-6-9-19(10-7-13)24(21,22)14-4-2-1-3-5-14/h1-5,8,11,13H,6-7,9-10,12H2,(H,18,20). The summed E-state index contributed by atoms with van der Waals surface area (Å²) >= 11 is 1.50. The monoisotopic (exact) mass is 365 g/mol. The number of hydrogen-bond donors (Lipinski definition) is 1. The van der Waals surface area contributed by atoms with E-state index >= 15 is 0 Å². The van der Waals surface area contributed by atoms with Gasteiger partial charge in [-0.25, -0.2) is 13.4 Å². The van der Waals surface area contributed by atoms with Gasteiger partial charge in [-0.15, -0.1) is 11.3 Å². The Morgan fingerprint density at radius 3 is 2.58 bits per heavy atom. The quantitative estimate of drug-likeness (QED) is 0.877. The van der Waals surface area contributed by atoms with E-state index < -0.39 is 10.0 Å².